The molecule has 2 aromatic heterocycles. The van der Waals surface area contributed by atoms with Gasteiger partial charge in [-0.25, -0.2) is 4.79 Å². The smallest absolute Gasteiger partial charge is 0.321 e. The molecule has 0 aliphatic rings. The number of rotatable bonds is 9. The van der Waals surface area contributed by atoms with Gasteiger partial charge in [-0.2, -0.15) is 0 Å². The highest BCUT2D eigenvalue weighted by molar-refractivity contribution is 8.03. The molecule has 12 heteroatoms. The van der Waals surface area contributed by atoms with E-state index < -0.39 is 17.8 Å². The van der Waals surface area contributed by atoms with Crippen LogP contribution < -0.4 is 16.4 Å². The molecule has 0 unspecified atom stereocenters. The van der Waals surface area contributed by atoms with Gasteiger partial charge < -0.3 is 11.1 Å². The number of hydrogen-bond acceptors (Lipinski definition) is 9. The molecule has 0 aliphatic heterocycles. The third kappa shape index (κ3) is 7.86. The van der Waals surface area contributed by atoms with Gasteiger partial charge in [0, 0.05) is 11.4 Å². The first-order chi connectivity index (χ1) is 12.0. The van der Waals surface area contributed by atoms with Crippen molar-refractivity contribution in [3.63, 3.8) is 0 Å². The van der Waals surface area contributed by atoms with Gasteiger partial charge in [-0.1, -0.05) is 40.9 Å². The fourth-order valence-electron chi connectivity index (χ4n) is 1.53. The highest BCUT2D eigenvalue weighted by Crippen LogP contribution is 2.28. The van der Waals surface area contributed by atoms with Gasteiger partial charge in [0.25, 0.3) is 0 Å². The predicted molar refractivity (Wildman–Crippen MR) is 100 cm³/mol. The molecule has 8 nitrogen and oxygen atoms in total. The Kier molecular flexibility index (Phi) is 8.18. The van der Waals surface area contributed by atoms with Crippen LogP contribution in [0.1, 0.15) is 4.88 Å². The Bertz CT molecular complexity index is 719. The van der Waals surface area contributed by atoms with E-state index in [4.69, 9.17) is 5.73 Å². The number of aromatic nitrogens is 2. The zero-order valence-corrected chi connectivity index (χ0v) is 16.2. The summed E-state index contributed by atoms with van der Waals surface area (Å²) in [7, 11) is 0. The molecule has 0 radical (unpaired) electrons. The largest absolute Gasteiger partial charge is 0.369 e. The maximum atomic E-state index is 11.7. The van der Waals surface area contributed by atoms with Crippen LogP contribution in [0.5, 0.6) is 0 Å². The zero-order chi connectivity index (χ0) is 18.1. The average molecular weight is 418 g/mol. The number of primary amides is 1. The molecule has 2 heterocycles. The molecule has 0 atom stereocenters. The van der Waals surface area contributed by atoms with Crippen molar-refractivity contribution >= 4 is 64.0 Å². The van der Waals surface area contributed by atoms with Crippen molar-refractivity contribution < 1.29 is 14.4 Å². The van der Waals surface area contributed by atoms with Crippen LogP contribution in [0.2, 0.25) is 0 Å². The van der Waals surface area contributed by atoms with Crippen LogP contribution in [0.25, 0.3) is 0 Å². The van der Waals surface area contributed by atoms with Gasteiger partial charge in [-0.05, 0) is 17.9 Å². The van der Waals surface area contributed by atoms with Crippen molar-refractivity contribution in [1.29, 1.82) is 0 Å². The third-order valence-corrected chi connectivity index (χ3v) is 6.69. The molecule has 0 saturated heterocycles. The van der Waals surface area contributed by atoms with Crippen molar-refractivity contribution in [3.05, 3.63) is 22.4 Å². The van der Waals surface area contributed by atoms with E-state index in [1.54, 1.807) is 11.3 Å². The lowest BCUT2D eigenvalue weighted by Crippen LogP contribution is -2.41. The summed E-state index contributed by atoms with van der Waals surface area (Å²) in [6, 6.07) is 3.42. The van der Waals surface area contributed by atoms with Crippen LogP contribution in [0.15, 0.2) is 26.2 Å². The fraction of sp³-hybridized carbons (Fsp3) is 0.308. The van der Waals surface area contributed by atoms with Crippen molar-refractivity contribution in [3.8, 4) is 0 Å². The number of hydrogen-bond donors (Lipinski definition) is 3. The number of urea groups is 1. The predicted octanol–water partition coefficient (Wildman–Crippen LogP) is 1.34. The minimum Gasteiger partial charge on any atom is -0.369 e. The van der Waals surface area contributed by atoms with Crippen LogP contribution in [0, 0.1) is 0 Å². The van der Waals surface area contributed by atoms with Crippen LogP contribution in [0.3, 0.4) is 0 Å². The monoisotopic (exact) mass is 417 g/mol. The molecule has 2 rings (SSSR count). The Balaban J connectivity index is 1.62. The summed E-state index contributed by atoms with van der Waals surface area (Å²) in [5, 5.41) is 14.7. The molecule has 0 bridgehead atoms. The van der Waals surface area contributed by atoms with Gasteiger partial charge in [-0.3, -0.25) is 14.9 Å². The maximum absolute atomic E-state index is 11.7. The molecular weight excluding hydrogens is 402 g/mol. The van der Waals surface area contributed by atoms with Gasteiger partial charge in [0.05, 0.1) is 11.5 Å². The third-order valence-electron chi connectivity index (χ3n) is 2.54. The van der Waals surface area contributed by atoms with Crippen molar-refractivity contribution in [2.45, 2.75) is 15.1 Å². The number of thioether (sulfide) groups is 2. The summed E-state index contributed by atoms with van der Waals surface area (Å²) in [6.07, 6.45) is 0.727. The fourth-order valence-corrected chi connectivity index (χ4v) is 4.80. The molecule has 134 valence electrons. The normalized spacial score (nSPS) is 10.4. The Hall–Kier alpha value is -1.63. The second-order valence-electron chi connectivity index (χ2n) is 4.51. The van der Waals surface area contributed by atoms with Crippen molar-refractivity contribution in [2.24, 2.45) is 5.73 Å². The van der Waals surface area contributed by atoms with Gasteiger partial charge >= 0.3 is 6.03 Å². The summed E-state index contributed by atoms with van der Waals surface area (Å²) in [5.74, 6) is -0.669. The van der Waals surface area contributed by atoms with Crippen LogP contribution in [0.4, 0.5) is 4.79 Å². The molecule has 0 fully saturated rings. The number of nitrogens with one attached hydrogen (secondary N) is 2. The molecule has 0 spiro atoms. The minimum atomic E-state index is -0.517. The van der Waals surface area contributed by atoms with E-state index in [1.165, 1.54) is 39.7 Å². The van der Waals surface area contributed by atoms with E-state index in [0.717, 1.165) is 6.42 Å². The maximum Gasteiger partial charge on any atom is 0.321 e. The van der Waals surface area contributed by atoms with Gasteiger partial charge in [0.15, 0.2) is 8.68 Å². The SMILES string of the molecule is NC(=O)CSc1nnc(SCC(=O)NC(=O)NCCc2cccs2)s1. The topological polar surface area (TPSA) is 127 Å². The first kappa shape index (κ1) is 19.7. The van der Waals surface area contributed by atoms with Gasteiger partial charge in [-0.15, -0.1) is 21.5 Å². The molecule has 0 aliphatic carbocycles. The summed E-state index contributed by atoms with van der Waals surface area (Å²) in [5.41, 5.74) is 5.06. The van der Waals surface area contributed by atoms with Crippen LogP contribution >= 0.6 is 46.2 Å². The molecule has 25 heavy (non-hydrogen) atoms. The van der Waals surface area contributed by atoms with Crippen LogP contribution in [-0.2, 0) is 16.0 Å². The number of imide groups is 1. The Morgan fingerprint density at radius 1 is 1.16 bits per heavy atom. The van der Waals surface area contributed by atoms with Gasteiger partial charge in [0.2, 0.25) is 11.8 Å². The molecule has 2 aromatic rings. The number of nitrogens with two attached hydrogens (primary N) is 1. The van der Waals surface area contributed by atoms with Crippen LogP contribution in [-0.4, -0.2) is 46.1 Å². The average Bonchev–Trinajstić information content (AvgIpc) is 3.22. The van der Waals surface area contributed by atoms with E-state index in [2.05, 4.69) is 20.8 Å². The summed E-state index contributed by atoms with van der Waals surface area (Å²) in [4.78, 5) is 35.2. The minimum absolute atomic E-state index is 0.0491. The summed E-state index contributed by atoms with van der Waals surface area (Å²) in [6.45, 7) is 0.462. The van der Waals surface area contributed by atoms with E-state index in [1.807, 2.05) is 17.5 Å². The van der Waals surface area contributed by atoms with E-state index in [-0.39, 0.29) is 11.5 Å². The summed E-state index contributed by atoms with van der Waals surface area (Å²) >= 11 is 5.25. The highest BCUT2D eigenvalue weighted by atomic mass is 32.2. The number of nitrogens with zero attached hydrogens (tertiary/aromatic N) is 2. The van der Waals surface area contributed by atoms with Crippen molar-refractivity contribution in [2.75, 3.05) is 18.1 Å². The first-order valence-corrected chi connectivity index (χ1v) is 10.7. The molecule has 4 amide bonds. The number of amides is 4. The lowest BCUT2D eigenvalue weighted by atomic mass is 10.3. The molecular formula is C13H15N5O3S4. The second kappa shape index (κ2) is 10.4. The number of carbonyl (C=O) groups is 3. The first-order valence-electron chi connectivity index (χ1n) is 7.00. The van der Waals surface area contributed by atoms with E-state index in [0.29, 0.717) is 15.2 Å². The number of thiophene rings is 1. The quantitative estimate of drug-likeness (QED) is 0.525. The standard InChI is InChI=1S/C13H15N5O3S4/c14-9(19)6-23-12-17-18-13(25-12)24-7-10(20)16-11(21)15-4-3-8-2-1-5-22-8/h1-2,5H,3-4,6-7H2,(H2,14,19)(H2,15,16,20,21). The molecule has 0 aromatic carbocycles. The lowest BCUT2D eigenvalue weighted by molar-refractivity contribution is -0.117. The van der Waals surface area contributed by atoms with Gasteiger partial charge in [0.1, 0.15) is 0 Å². The lowest BCUT2D eigenvalue weighted by Gasteiger charge is -2.05. The zero-order valence-electron chi connectivity index (χ0n) is 12.9. The second-order valence-corrected chi connectivity index (χ2v) is 8.97. The molecule has 0 saturated carbocycles. The van der Waals surface area contributed by atoms with Crippen molar-refractivity contribution in [1.82, 2.24) is 20.8 Å². The van der Waals surface area contributed by atoms with E-state index in [9.17, 15) is 14.4 Å². The molecule has 4 N–H and O–H groups in total. The summed E-state index contributed by atoms with van der Waals surface area (Å²) < 4.78 is 1.19. The number of carbonyl (C=O) groups excluding carboxylic acids is 3. The Morgan fingerprint density at radius 3 is 2.52 bits per heavy atom. The highest BCUT2D eigenvalue weighted by Gasteiger charge is 2.11. The Morgan fingerprint density at radius 2 is 1.88 bits per heavy atom. The van der Waals surface area contributed by atoms with E-state index >= 15 is 0 Å². The Labute approximate surface area is 160 Å².